The summed E-state index contributed by atoms with van der Waals surface area (Å²) in [6, 6.07) is 153. The summed E-state index contributed by atoms with van der Waals surface area (Å²) < 4.78 is 0. The van der Waals surface area contributed by atoms with E-state index in [-0.39, 0.29) is 0 Å². The molecule has 0 fully saturated rings. The van der Waals surface area contributed by atoms with E-state index >= 15 is 0 Å². The van der Waals surface area contributed by atoms with E-state index in [0.717, 1.165) is 111 Å². The van der Waals surface area contributed by atoms with E-state index in [9.17, 15) is 0 Å². The Balaban J connectivity index is 0.000000139. The SMILES string of the molecule is c1ccc(-c2cc(-c3ccc4nc(-c5ccccc5)c5ccc6c(c5c4c3)Sc3ccccc3C63c4ccccc4-c4ccccc43)nc(-c3ccccc3)n2)cc1.c1ccc(-c2ccc(-c3cc(-c4ccc5nc(-c6ccccc6)c6ccc7c(c6c5c4)Sc4ccccc4C74c5ccccc5-c5ccccc54)nc(-c4ccccc4)n3)cc2)cc1. The molecule has 25 rings (SSSR count). The number of hydrogen-bond acceptors (Lipinski definition) is 8. The van der Waals surface area contributed by atoms with Gasteiger partial charge in [-0.3, -0.25) is 0 Å². The number of nitrogens with zero attached hydrogens (tertiary/aromatic N) is 6. The summed E-state index contributed by atoms with van der Waals surface area (Å²) in [5.41, 5.74) is 32.7. The zero-order valence-corrected chi connectivity index (χ0v) is 67.5. The van der Waals surface area contributed by atoms with Crippen LogP contribution in [-0.2, 0) is 10.8 Å². The second kappa shape index (κ2) is 28.9. The van der Waals surface area contributed by atoms with Crippen molar-refractivity contribution in [3.8, 4) is 124 Å². The fourth-order valence-corrected chi connectivity index (χ4v) is 22.4. The van der Waals surface area contributed by atoms with Crippen molar-refractivity contribution in [2.45, 2.75) is 30.4 Å². The Labute approximate surface area is 714 Å². The molecule has 8 heteroatoms. The van der Waals surface area contributed by atoms with E-state index < -0.39 is 10.8 Å². The minimum absolute atomic E-state index is 0.486. The van der Waals surface area contributed by atoms with Gasteiger partial charge in [-0.2, -0.15) is 0 Å². The number of aromatic nitrogens is 6. The van der Waals surface area contributed by atoms with Crippen molar-refractivity contribution < 1.29 is 0 Å². The molecule has 122 heavy (non-hydrogen) atoms. The molecule has 6 nitrogen and oxygen atoms in total. The number of pyridine rings is 2. The quantitative estimate of drug-likeness (QED) is 0.132. The van der Waals surface area contributed by atoms with Crippen molar-refractivity contribution in [2.24, 2.45) is 0 Å². The molecule has 2 aliphatic heterocycles. The fourth-order valence-electron chi connectivity index (χ4n) is 19.7. The van der Waals surface area contributed by atoms with Gasteiger partial charge in [0.15, 0.2) is 11.6 Å². The molecule has 568 valence electrons. The molecule has 0 bridgehead atoms. The van der Waals surface area contributed by atoms with Crippen LogP contribution in [0.2, 0.25) is 0 Å². The summed E-state index contributed by atoms with van der Waals surface area (Å²) in [5, 5.41) is 6.88. The van der Waals surface area contributed by atoms with Gasteiger partial charge in [-0.05, 0) is 126 Å². The molecule has 0 radical (unpaired) electrons. The van der Waals surface area contributed by atoms with Crippen LogP contribution in [0.25, 0.3) is 167 Å². The van der Waals surface area contributed by atoms with E-state index in [2.05, 4.69) is 382 Å². The lowest BCUT2D eigenvalue weighted by Crippen LogP contribution is -2.32. The van der Waals surface area contributed by atoms with E-state index in [1.807, 2.05) is 66.0 Å². The molecule has 0 atom stereocenters. The molecule has 0 unspecified atom stereocenters. The van der Waals surface area contributed by atoms with Gasteiger partial charge in [0.1, 0.15) is 0 Å². The van der Waals surface area contributed by atoms with E-state index in [4.69, 9.17) is 29.9 Å². The summed E-state index contributed by atoms with van der Waals surface area (Å²) in [5.74, 6) is 1.39. The van der Waals surface area contributed by atoms with Gasteiger partial charge in [0.05, 0.1) is 56.0 Å². The third-order valence-corrected chi connectivity index (χ3v) is 27.5. The van der Waals surface area contributed by atoms with Crippen molar-refractivity contribution in [3.05, 3.63) is 469 Å². The third kappa shape index (κ3) is 11.3. The Morgan fingerprint density at radius 3 is 0.836 bits per heavy atom. The summed E-state index contributed by atoms with van der Waals surface area (Å²) >= 11 is 3.78. The average Bonchev–Trinajstić information content (AvgIpc) is 1.48. The lowest BCUT2D eigenvalue weighted by atomic mass is 9.67. The molecule has 0 saturated carbocycles. The van der Waals surface area contributed by atoms with E-state index in [1.54, 1.807) is 0 Å². The molecule has 2 spiro atoms. The van der Waals surface area contributed by atoms with Crippen LogP contribution in [-0.4, -0.2) is 29.9 Å². The molecule has 6 heterocycles. The Bertz CT molecular complexity index is 7650. The number of fused-ring (bicyclic) bond motifs is 26. The van der Waals surface area contributed by atoms with Gasteiger partial charge < -0.3 is 0 Å². The molecule has 17 aromatic carbocycles. The molecule has 0 saturated heterocycles. The first-order chi connectivity index (χ1) is 60.5. The third-order valence-electron chi connectivity index (χ3n) is 25.1. The van der Waals surface area contributed by atoms with E-state index in [0.29, 0.717) is 11.6 Å². The fraction of sp³-hybridized carbons (Fsp3) is 0.0175. The van der Waals surface area contributed by atoms with Crippen LogP contribution in [0.15, 0.2) is 444 Å². The van der Waals surface area contributed by atoms with Crippen LogP contribution in [0.5, 0.6) is 0 Å². The van der Waals surface area contributed by atoms with Crippen LogP contribution in [0.3, 0.4) is 0 Å². The minimum atomic E-state index is -0.499. The first kappa shape index (κ1) is 71.1. The molecule has 21 aromatic rings. The lowest BCUT2D eigenvalue weighted by molar-refractivity contribution is 0.726. The monoisotopic (exact) mass is 1590 g/mol. The van der Waals surface area contributed by atoms with Gasteiger partial charge in [0, 0.05) is 96.4 Å². The molecule has 4 aromatic heterocycles. The standard InChI is InChI=1S/C60H37N3S.C54H33N3S/c1-4-16-38(17-5-1)39-28-30-40(31-29-39)53-37-54(63-59(62-53)42-20-8-3-9-21-42)43-32-35-52-47(36-43)56-46(57(61-52)41-18-6-2-7-19-41)33-34-51-58(56)64-55-27-15-14-26-50(55)60(51)48-24-12-10-22-44(48)45-23-11-13-25-49(45)60;1-4-16-34(17-5-1)47-33-48(57-53(56-47)36-20-8-3-9-21-36)37-28-31-46-41(32-37)50-40(51(55-46)35-18-6-2-7-19-35)29-30-45-52(50)58-49-27-15-14-26-44(49)54(45)42-24-12-10-22-38(42)39-23-11-13-25-43(39)54/h1-37H;1-33H. The molecular weight excluding hydrogens is 1520 g/mol. The predicted octanol–water partition coefficient (Wildman–Crippen LogP) is 29.0. The normalized spacial score (nSPS) is 13.1. The Morgan fingerprint density at radius 1 is 0.180 bits per heavy atom. The largest absolute Gasteiger partial charge is 0.247 e. The number of benzene rings is 17. The summed E-state index contributed by atoms with van der Waals surface area (Å²) in [4.78, 5) is 36.8. The maximum absolute atomic E-state index is 5.48. The van der Waals surface area contributed by atoms with Gasteiger partial charge in [-0.15, -0.1) is 0 Å². The smallest absolute Gasteiger partial charge is 0.160 e. The summed E-state index contributed by atoms with van der Waals surface area (Å²) in [7, 11) is 0. The molecule has 2 aliphatic carbocycles. The predicted molar refractivity (Wildman–Crippen MR) is 501 cm³/mol. The maximum atomic E-state index is 5.48. The lowest BCUT2D eigenvalue weighted by Gasteiger charge is -2.40. The maximum Gasteiger partial charge on any atom is 0.160 e. The van der Waals surface area contributed by atoms with Gasteiger partial charge in [-0.1, -0.05) is 400 Å². The van der Waals surface area contributed by atoms with Crippen LogP contribution in [0.1, 0.15) is 44.5 Å². The van der Waals surface area contributed by atoms with Crippen LogP contribution >= 0.6 is 23.5 Å². The highest BCUT2D eigenvalue weighted by molar-refractivity contribution is 8.00. The topological polar surface area (TPSA) is 77.3 Å². The van der Waals surface area contributed by atoms with E-state index in [1.165, 1.54) is 108 Å². The highest BCUT2D eigenvalue weighted by atomic mass is 32.2. The molecular formula is C114H70N6S2. The number of hydrogen-bond donors (Lipinski definition) is 0. The highest BCUT2D eigenvalue weighted by Crippen LogP contribution is 2.66. The first-order valence-electron chi connectivity index (χ1n) is 41.5. The zero-order valence-electron chi connectivity index (χ0n) is 65.9. The van der Waals surface area contributed by atoms with Gasteiger partial charge in [0.2, 0.25) is 0 Å². The van der Waals surface area contributed by atoms with Crippen molar-refractivity contribution in [3.63, 3.8) is 0 Å². The summed E-state index contributed by atoms with van der Waals surface area (Å²) in [6.07, 6.45) is 0. The van der Waals surface area contributed by atoms with Crippen molar-refractivity contribution in [1.29, 1.82) is 0 Å². The van der Waals surface area contributed by atoms with Gasteiger partial charge in [-0.25, -0.2) is 29.9 Å². The first-order valence-corrected chi connectivity index (χ1v) is 43.1. The van der Waals surface area contributed by atoms with Gasteiger partial charge >= 0.3 is 0 Å². The molecule has 0 N–H and O–H groups in total. The van der Waals surface area contributed by atoms with Crippen LogP contribution < -0.4 is 0 Å². The Hall–Kier alpha value is -15.1. The second-order valence-corrected chi connectivity index (χ2v) is 33.8. The highest BCUT2D eigenvalue weighted by Gasteiger charge is 2.52. The van der Waals surface area contributed by atoms with Crippen LogP contribution in [0.4, 0.5) is 0 Å². The summed E-state index contributed by atoms with van der Waals surface area (Å²) in [6.45, 7) is 0. The molecule has 4 aliphatic rings. The Morgan fingerprint density at radius 2 is 0.459 bits per heavy atom. The van der Waals surface area contributed by atoms with Gasteiger partial charge in [0.25, 0.3) is 0 Å². The van der Waals surface area contributed by atoms with Crippen molar-refractivity contribution in [2.75, 3.05) is 0 Å². The van der Waals surface area contributed by atoms with Crippen LogP contribution in [0, 0.1) is 0 Å². The second-order valence-electron chi connectivity index (χ2n) is 31.7. The average molecular weight is 1590 g/mol. The van der Waals surface area contributed by atoms with Crippen molar-refractivity contribution in [1.82, 2.24) is 29.9 Å². The number of rotatable bonds is 9. The van der Waals surface area contributed by atoms with Crippen molar-refractivity contribution >= 4 is 66.9 Å². The minimum Gasteiger partial charge on any atom is -0.247 e. The zero-order chi connectivity index (χ0) is 80.4. The molecule has 0 amide bonds. The Kier molecular flexibility index (Phi) is 16.8.